The molecule has 0 saturated carbocycles. The van der Waals surface area contributed by atoms with E-state index in [1.807, 2.05) is 19.1 Å². The Morgan fingerprint density at radius 3 is 2.74 bits per heavy atom. The highest BCUT2D eigenvalue weighted by Crippen LogP contribution is 2.35. The number of nitrogen functional groups attached to an aromatic ring is 1. The van der Waals surface area contributed by atoms with Gasteiger partial charge in [0.15, 0.2) is 5.82 Å². The Kier molecular flexibility index (Phi) is 6.51. The summed E-state index contributed by atoms with van der Waals surface area (Å²) in [6, 6.07) is 10.4. The molecule has 1 atom stereocenters. The predicted molar refractivity (Wildman–Crippen MR) is 111 cm³/mol. The number of aryl methyl sites for hydroxylation is 2. The van der Waals surface area contributed by atoms with E-state index in [-0.39, 0.29) is 36.7 Å². The molecule has 0 amide bonds. The Labute approximate surface area is 169 Å². The summed E-state index contributed by atoms with van der Waals surface area (Å²) in [6.07, 6.45) is 1.80. The fourth-order valence-corrected chi connectivity index (χ4v) is 3.17. The molecule has 1 aliphatic carbocycles. The van der Waals surface area contributed by atoms with Crippen molar-refractivity contribution in [3.8, 4) is 0 Å². The number of halogens is 3. The Hall–Kier alpha value is -2.51. The van der Waals surface area contributed by atoms with Gasteiger partial charge in [-0.05, 0) is 55.2 Å². The lowest BCUT2D eigenvalue weighted by Gasteiger charge is -2.17. The van der Waals surface area contributed by atoms with Gasteiger partial charge in [0, 0.05) is 6.07 Å². The molecule has 0 radical (unpaired) electrons. The summed E-state index contributed by atoms with van der Waals surface area (Å²) >= 11 is 0. The van der Waals surface area contributed by atoms with Gasteiger partial charge >= 0.3 is 0 Å². The SMILES string of the molecule is Cc1cc(Nc2ccc(N)c(NC3CCc4ccc(F)cc43)n2)[nH]n1.Cl.Cl. The number of aromatic nitrogens is 3. The van der Waals surface area contributed by atoms with Crippen LogP contribution in [0.2, 0.25) is 0 Å². The van der Waals surface area contributed by atoms with Crippen LogP contribution < -0.4 is 16.4 Å². The molecule has 1 aliphatic rings. The van der Waals surface area contributed by atoms with Gasteiger partial charge in [-0.2, -0.15) is 5.10 Å². The van der Waals surface area contributed by atoms with Gasteiger partial charge in [-0.15, -0.1) is 24.8 Å². The van der Waals surface area contributed by atoms with E-state index >= 15 is 0 Å². The standard InChI is InChI=1S/C18H19FN6.2ClH/c1-10-8-17(25-24-10)22-16-7-5-14(20)18(23-16)21-15-6-3-11-2-4-12(19)9-13(11)15;;/h2,4-5,7-9,15H,3,6,20H2,1H3,(H3,21,22,23,24,25);2*1H. The van der Waals surface area contributed by atoms with Gasteiger partial charge in [0.1, 0.15) is 17.5 Å². The molecule has 2 heterocycles. The van der Waals surface area contributed by atoms with Gasteiger partial charge in [0.2, 0.25) is 0 Å². The monoisotopic (exact) mass is 410 g/mol. The third kappa shape index (κ3) is 4.43. The topological polar surface area (TPSA) is 91.6 Å². The smallest absolute Gasteiger partial charge is 0.152 e. The molecule has 0 aliphatic heterocycles. The molecular weight excluding hydrogens is 390 g/mol. The summed E-state index contributed by atoms with van der Waals surface area (Å²) in [7, 11) is 0. The highest BCUT2D eigenvalue weighted by atomic mass is 35.5. The van der Waals surface area contributed by atoms with E-state index in [1.54, 1.807) is 18.2 Å². The molecule has 0 saturated heterocycles. The minimum absolute atomic E-state index is 0. The molecule has 27 heavy (non-hydrogen) atoms. The van der Waals surface area contributed by atoms with Crippen LogP contribution in [0.15, 0.2) is 36.4 Å². The second kappa shape index (κ2) is 8.45. The van der Waals surface area contributed by atoms with Crippen LogP contribution in [0.25, 0.3) is 0 Å². The van der Waals surface area contributed by atoms with Gasteiger partial charge in [-0.3, -0.25) is 5.10 Å². The molecule has 6 nitrogen and oxygen atoms in total. The van der Waals surface area contributed by atoms with E-state index < -0.39 is 0 Å². The number of benzene rings is 1. The number of aromatic amines is 1. The van der Waals surface area contributed by atoms with E-state index in [2.05, 4.69) is 25.8 Å². The molecule has 1 unspecified atom stereocenters. The van der Waals surface area contributed by atoms with E-state index in [4.69, 9.17) is 5.73 Å². The molecule has 3 aromatic rings. The van der Waals surface area contributed by atoms with Crippen molar-refractivity contribution in [2.45, 2.75) is 25.8 Å². The van der Waals surface area contributed by atoms with E-state index in [0.29, 0.717) is 17.3 Å². The highest BCUT2D eigenvalue weighted by molar-refractivity contribution is 5.85. The van der Waals surface area contributed by atoms with Crippen LogP contribution in [0.1, 0.15) is 29.3 Å². The lowest BCUT2D eigenvalue weighted by Crippen LogP contribution is -2.11. The first kappa shape index (κ1) is 20.8. The van der Waals surface area contributed by atoms with Crippen LogP contribution in [0.5, 0.6) is 0 Å². The minimum Gasteiger partial charge on any atom is -0.396 e. The first-order valence-electron chi connectivity index (χ1n) is 8.19. The molecule has 0 spiro atoms. The van der Waals surface area contributed by atoms with E-state index in [1.165, 1.54) is 11.6 Å². The van der Waals surface area contributed by atoms with Crippen LogP contribution in [0, 0.1) is 12.7 Å². The Morgan fingerprint density at radius 1 is 1.19 bits per heavy atom. The maximum atomic E-state index is 13.6. The van der Waals surface area contributed by atoms with Crippen LogP contribution in [-0.4, -0.2) is 15.2 Å². The summed E-state index contributed by atoms with van der Waals surface area (Å²) in [5, 5.41) is 13.5. The van der Waals surface area contributed by atoms with Gasteiger partial charge in [0.25, 0.3) is 0 Å². The highest BCUT2D eigenvalue weighted by Gasteiger charge is 2.23. The summed E-state index contributed by atoms with van der Waals surface area (Å²) in [4.78, 5) is 4.55. The normalized spacial score (nSPS) is 14.7. The van der Waals surface area contributed by atoms with Gasteiger partial charge in [-0.25, -0.2) is 9.37 Å². The maximum absolute atomic E-state index is 13.6. The maximum Gasteiger partial charge on any atom is 0.152 e. The Balaban J connectivity index is 0.00000131. The molecule has 5 N–H and O–H groups in total. The van der Waals surface area contributed by atoms with Crippen LogP contribution in [-0.2, 0) is 6.42 Å². The van der Waals surface area contributed by atoms with Crippen LogP contribution in [0.3, 0.4) is 0 Å². The number of anilines is 4. The number of H-pyrrole nitrogens is 1. The second-order valence-electron chi connectivity index (χ2n) is 6.26. The van der Waals surface area contributed by atoms with Crippen molar-refractivity contribution in [2.75, 3.05) is 16.4 Å². The van der Waals surface area contributed by atoms with Crippen molar-refractivity contribution >= 4 is 48.0 Å². The largest absolute Gasteiger partial charge is 0.396 e. The fraction of sp³-hybridized carbons (Fsp3) is 0.222. The number of nitrogens with two attached hydrogens (primary N) is 1. The number of fused-ring (bicyclic) bond motifs is 1. The average Bonchev–Trinajstić information content (AvgIpc) is 3.17. The predicted octanol–water partition coefficient (Wildman–Crippen LogP) is 4.52. The van der Waals surface area contributed by atoms with Crippen molar-refractivity contribution < 1.29 is 4.39 Å². The van der Waals surface area contributed by atoms with Crippen molar-refractivity contribution in [3.05, 3.63) is 59.0 Å². The second-order valence-corrected chi connectivity index (χ2v) is 6.26. The lowest BCUT2D eigenvalue weighted by molar-refractivity contribution is 0.624. The van der Waals surface area contributed by atoms with E-state index in [0.717, 1.165) is 29.9 Å². The van der Waals surface area contributed by atoms with Crippen LogP contribution in [0.4, 0.5) is 27.5 Å². The van der Waals surface area contributed by atoms with Gasteiger partial charge in [-0.1, -0.05) is 6.07 Å². The molecule has 0 fully saturated rings. The average molecular weight is 411 g/mol. The zero-order chi connectivity index (χ0) is 17.4. The number of hydrogen-bond donors (Lipinski definition) is 4. The first-order valence-corrected chi connectivity index (χ1v) is 8.19. The fourth-order valence-electron chi connectivity index (χ4n) is 3.17. The Bertz CT molecular complexity index is 930. The molecule has 1 aromatic carbocycles. The van der Waals surface area contributed by atoms with Crippen molar-refractivity contribution in [1.82, 2.24) is 15.2 Å². The van der Waals surface area contributed by atoms with Gasteiger partial charge in [0.05, 0.1) is 17.4 Å². The van der Waals surface area contributed by atoms with E-state index in [9.17, 15) is 4.39 Å². The number of hydrogen-bond acceptors (Lipinski definition) is 5. The molecule has 4 rings (SSSR count). The summed E-state index contributed by atoms with van der Waals surface area (Å²) in [6.45, 7) is 1.90. The third-order valence-electron chi connectivity index (χ3n) is 4.39. The molecule has 2 aromatic heterocycles. The first-order chi connectivity index (χ1) is 12.1. The quantitative estimate of drug-likeness (QED) is 0.507. The van der Waals surface area contributed by atoms with Crippen molar-refractivity contribution in [3.63, 3.8) is 0 Å². The number of nitrogens with one attached hydrogen (secondary N) is 3. The zero-order valence-electron chi connectivity index (χ0n) is 14.6. The number of pyridine rings is 1. The number of nitrogens with zero attached hydrogens (tertiary/aromatic N) is 2. The summed E-state index contributed by atoms with van der Waals surface area (Å²) < 4.78 is 13.6. The lowest BCUT2D eigenvalue weighted by atomic mass is 10.1. The van der Waals surface area contributed by atoms with Crippen LogP contribution >= 0.6 is 24.8 Å². The zero-order valence-corrected chi connectivity index (χ0v) is 16.3. The van der Waals surface area contributed by atoms with Crippen molar-refractivity contribution in [1.29, 1.82) is 0 Å². The molecule has 0 bridgehead atoms. The Morgan fingerprint density at radius 2 is 2.00 bits per heavy atom. The third-order valence-corrected chi connectivity index (χ3v) is 4.39. The van der Waals surface area contributed by atoms with Gasteiger partial charge < -0.3 is 16.4 Å². The molecular formula is C18H21Cl2FN6. The summed E-state index contributed by atoms with van der Waals surface area (Å²) in [5.41, 5.74) is 9.65. The minimum atomic E-state index is -0.224. The number of rotatable bonds is 4. The van der Waals surface area contributed by atoms with Crippen molar-refractivity contribution in [2.24, 2.45) is 0 Å². The molecule has 144 valence electrons. The summed E-state index contributed by atoms with van der Waals surface area (Å²) in [5.74, 6) is 1.77. The molecule has 9 heteroatoms.